The van der Waals surface area contributed by atoms with E-state index in [2.05, 4.69) is 22.1 Å². The Hall–Kier alpha value is -1.85. The summed E-state index contributed by atoms with van der Waals surface area (Å²) in [6, 6.07) is 10.0. The molecule has 146 valence electrons. The summed E-state index contributed by atoms with van der Waals surface area (Å²) >= 11 is 5.94. The molecule has 27 heavy (non-hydrogen) atoms. The molecule has 0 aliphatic carbocycles. The number of piperidine rings is 1. The molecule has 0 bridgehead atoms. The molecule has 1 fully saturated rings. The molecule has 0 spiro atoms. The Kier molecular flexibility index (Phi) is 7.30. The fourth-order valence-electron chi connectivity index (χ4n) is 3.65. The van der Waals surface area contributed by atoms with Crippen LogP contribution in [0.2, 0.25) is 5.02 Å². The van der Waals surface area contributed by atoms with E-state index >= 15 is 0 Å². The van der Waals surface area contributed by atoms with E-state index in [1.165, 1.54) is 5.56 Å². The van der Waals surface area contributed by atoms with Crippen molar-refractivity contribution < 1.29 is 4.79 Å². The molecule has 1 aliphatic rings. The lowest BCUT2D eigenvalue weighted by Crippen LogP contribution is -2.40. The number of nitrogens with zero attached hydrogens (tertiary/aromatic N) is 4. The molecular formula is C21H29ClN4O. The highest BCUT2D eigenvalue weighted by Gasteiger charge is 2.21. The zero-order chi connectivity index (χ0) is 19.1. The highest BCUT2D eigenvalue weighted by atomic mass is 35.5. The second-order valence-corrected chi connectivity index (χ2v) is 7.89. The summed E-state index contributed by atoms with van der Waals surface area (Å²) in [4.78, 5) is 16.8. The Bertz CT molecular complexity index is 693. The van der Waals surface area contributed by atoms with E-state index in [1.807, 2.05) is 41.0 Å². The van der Waals surface area contributed by atoms with Gasteiger partial charge in [-0.15, -0.1) is 0 Å². The van der Waals surface area contributed by atoms with Gasteiger partial charge in [-0.2, -0.15) is 5.10 Å². The van der Waals surface area contributed by atoms with Gasteiger partial charge in [0, 0.05) is 50.5 Å². The minimum absolute atomic E-state index is 0.204. The maximum atomic E-state index is 12.3. The minimum atomic E-state index is 0.204. The average Bonchev–Trinajstić information content (AvgIpc) is 3.20. The number of halogens is 1. The third-order valence-electron chi connectivity index (χ3n) is 5.41. The molecule has 1 saturated heterocycles. The van der Waals surface area contributed by atoms with Crippen LogP contribution in [0.15, 0.2) is 42.7 Å². The number of rotatable bonds is 8. The molecule has 1 aliphatic heterocycles. The zero-order valence-electron chi connectivity index (χ0n) is 16.1. The summed E-state index contributed by atoms with van der Waals surface area (Å²) in [7, 11) is 1.93. The SMILES string of the molecule is CN(CC1CCN(CCc2ccc(Cl)cc2)CC1)C(=O)CCn1cccn1. The van der Waals surface area contributed by atoms with Crippen LogP contribution >= 0.6 is 11.6 Å². The summed E-state index contributed by atoms with van der Waals surface area (Å²) in [6.07, 6.45) is 7.54. The van der Waals surface area contributed by atoms with Crippen molar-refractivity contribution in [3.05, 3.63) is 53.3 Å². The van der Waals surface area contributed by atoms with Gasteiger partial charge in [0.1, 0.15) is 0 Å². The molecule has 2 aromatic rings. The largest absolute Gasteiger partial charge is 0.345 e. The highest BCUT2D eigenvalue weighted by molar-refractivity contribution is 6.30. The van der Waals surface area contributed by atoms with Crippen molar-refractivity contribution in [1.82, 2.24) is 19.6 Å². The number of carbonyl (C=O) groups is 1. The Morgan fingerprint density at radius 1 is 1.22 bits per heavy atom. The predicted molar refractivity (Wildman–Crippen MR) is 109 cm³/mol. The first-order valence-corrected chi connectivity index (χ1v) is 10.2. The third-order valence-corrected chi connectivity index (χ3v) is 5.66. The van der Waals surface area contributed by atoms with E-state index < -0.39 is 0 Å². The van der Waals surface area contributed by atoms with Gasteiger partial charge in [-0.3, -0.25) is 9.48 Å². The van der Waals surface area contributed by atoms with Gasteiger partial charge in [0.05, 0.1) is 0 Å². The number of likely N-dealkylation sites (tertiary alicyclic amines) is 1. The van der Waals surface area contributed by atoms with Crippen molar-refractivity contribution in [3.8, 4) is 0 Å². The van der Waals surface area contributed by atoms with Gasteiger partial charge < -0.3 is 9.80 Å². The van der Waals surface area contributed by atoms with E-state index in [-0.39, 0.29) is 5.91 Å². The second-order valence-electron chi connectivity index (χ2n) is 7.45. The molecule has 0 atom stereocenters. The topological polar surface area (TPSA) is 41.4 Å². The number of carbonyl (C=O) groups excluding carboxylic acids is 1. The van der Waals surface area contributed by atoms with Gasteiger partial charge in [0.2, 0.25) is 5.91 Å². The molecule has 1 aromatic heterocycles. The fourth-order valence-corrected chi connectivity index (χ4v) is 3.78. The predicted octanol–water partition coefficient (Wildman–Crippen LogP) is 3.34. The van der Waals surface area contributed by atoms with E-state index in [4.69, 9.17) is 11.6 Å². The van der Waals surface area contributed by atoms with Gasteiger partial charge in [0.15, 0.2) is 0 Å². The van der Waals surface area contributed by atoms with E-state index in [0.717, 1.165) is 50.5 Å². The van der Waals surface area contributed by atoms with Crippen LogP contribution in [0.25, 0.3) is 0 Å². The summed E-state index contributed by atoms with van der Waals surface area (Å²) < 4.78 is 1.81. The normalized spacial score (nSPS) is 15.8. The van der Waals surface area contributed by atoms with Crippen molar-refractivity contribution in [1.29, 1.82) is 0 Å². The lowest BCUT2D eigenvalue weighted by Gasteiger charge is -2.34. The number of amides is 1. The molecule has 1 amide bonds. The van der Waals surface area contributed by atoms with E-state index in [0.29, 0.717) is 18.9 Å². The van der Waals surface area contributed by atoms with Crippen LogP contribution in [0, 0.1) is 5.92 Å². The van der Waals surface area contributed by atoms with Crippen molar-refractivity contribution in [3.63, 3.8) is 0 Å². The van der Waals surface area contributed by atoms with Gasteiger partial charge >= 0.3 is 0 Å². The van der Waals surface area contributed by atoms with Crippen molar-refractivity contribution in [2.45, 2.75) is 32.2 Å². The van der Waals surface area contributed by atoms with Crippen LogP contribution < -0.4 is 0 Å². The molecule has 0 saturated carbocycles. The monoisotopic (exact) mass is 388 g/mol. The number of aryl methyl sites for hydroxylation is 1. The molecule has 5 nitrogen and oxygen atoms in total. The van der Waals surface area contributed by atoms with Gasteiger partial charge in [-0.25, -0.2) is 0 Å². The van der Waals surface area contributed by atoms with Crippen LogP contribution in [0.4, 0.5) is 0 Å². The first-order chi connectivity index (χ1) is 13.1. The minimum Gasteiger partial charge on any atom is -0.345 e. The smallest absolute Gasteiger partial charge is 0.224 e. The lowest BCUT2D eigenvalue weighted by atomic mass is 9.96. The second kappa shape index (κ2) is 9.90. The Balaban J connectivity index is 1.33. The molecule has 1 aromatic carbocycles. The van der Waals surface area contributed by atoms with Gasteiger partial charge in [0.25, 0.3) is 0 Å². The Morgan fingerprint density at radius 3 is 2.63 bits per heavy atom. The molecule has 3 rings (SSSR count). The molecule has 6 heteroatoms. The van der Waals surface area contributed by atoms with Crippen LogP contribution in [0.3, 0.4) is 0 Å². The number of aromatic nitrogens is 2. The number of benzene rings is 1. The van der Waals surface area contributed by atoms with Gasteiger partial charge in [-0.05, 0) is 62.0 Å². The Morgan fingerprint density at radius 2 is 1.96 bits per heavy atom. The standard InChI is InChI=1S/C21H29ClN4O/c1-24(21(27)10-16-26-12-2-11-23-26)17-19-8-14-25(15-9-19)13-7-18-3-5-20(22)6-4-18/h2-6,11-12,19H,7-10,13-17H2,1H3. The Labute approximate surface area is 166 Å². The first-order valence-electron chi connectivity index (χ1n) is 9.78. The maximum Gasteiger partial charge on any atom is 0.224 e. The van der Waals surface area contributed by atoms with E-state index in [1.54, 1.807) is 6.20 Å². The highest BCUT2D eigenvalue weighted by Crippen LogP contribution is 2.19. The quantitative estimate of drug-likeness (QED) is 0.696. The molecule has 0 N–H and O–H groups in total. The molecule has 2 heterocycles. The molecule has 0 radical (unpaired) electrons. The summed E-state index contributed by atoms with van der Waals surface area (Å²) in [5.74, 6) is 0.811. The third kappa shape index (κ3) is 6.36. The summed E-state index contributed by atoms with van der Waals surface area (Å²) in [6.45, 7) is 4.84. The van der Waals surface area contributed by atoms with Crippen molar-refractivity contribution in [2.75, 3.05) is 33.2 Å². The van der Waals surface area contributed by atoms with Crippen LogP contribution in [-0.2, 0) is 17.8 Å². The zero-order valence-corrected chi connectivity index (χ0v) is 16.8. The number of hydrogen-bond acceptors (Lipinski definition) is 3. The number of hydrogen-bond donors (Lipinski definition) is 0. The van der Waals surface area contributed by atoms with Gasteiger partial charge in [-0.1, -0.05) is 23.7 Å². The maximum absolute atomic E-state index is 12.3. The van der Waals surface area contributed by atoms with Crippen LogP contribution in [-0.4, -0.2) is 58.7 Å². The lowest BCUT2D eigenvalue weighted by molar-refractivity contribution is -0.131. The fraction of sp³-hybridized carbons (Fsp3) is 0.524. The summed E-state index contributed by atoms with van der Waals surface area (Å²) in [5.41, 5.74) is 1.34. The van der Waals surface area contributed by atoms with Crippen LogP contribution in [0.5, 0.6) is 0 Å². The molecular weight excluding hydrogens is 360 g/mol. The molecule has 0 unspecified atom stereocenters. The van der Waals surface area contributed by atoms with Crippen LogP contribution in [0.1, 0.15) is 24.8 Å². The first kappa shape index (κ1) is 19.9. The van der Waals surface area contributed by atoms with Crippen molar-refractivity contribution in [2.24, 2.45) is 5.92 Å². The van der Waals surface area contributed by atoms with Crippen molar-refractivity contribution >= 4 is 17.5 Å². The average molecular weight is 389 g/mol. The van der Waals surface area contributed by atoms with E-state index in [9.17, 15) is 4.79 Å². The summed E-state index contributed by atoms with van der Waals surface area (Å²) in [5, 5.41) is 4.94.